The van der Waals surface area contributed by atoms with E-state index in [1.165, 1.54) is 12.1 Å². The molecule has 8 heteroatoms. The number of furan rings is 1. The number of anilines is 2. The third-order valence-electron chi connectivity index (χ3n) is 5.40. The van der Waals surface area contributed by atoms with E-state index < -0.39 is 28.3 Å². The molecule has 0 radical (unpaired) electrons. The first-order chi connectivity index (χ1) is 16.4. The third-order valence-corrected chi connectivity index (χ3v) is 7.18. The Kier molecular flexibility index (Phi) is 5.51. The number of carbonyl (C=O) groups is 1. The quantitative estimate of drug-likeness (QED) is 0.350. The standard InChI is InChI=1S/C26H19FN2O4S/c27-18-10-13-21(14-11-18)34(31,32)29(20-6-2-1-3-7-20)17-26(30)28-19-12-15-23-22-8-4-5-9-24(22)33-25(23)16-19/h1-16H,17H2,(H,28,30). The van der Waals surface area contributed by atoms with Crippen LogP contribution < -0.4 is 9.62 Å². The van der Waals surface area contributed by atoms with E-state index in [-0.39, 0.29) is 4.90 Å². The van der Waals surface area contributed by atoms with Crippen LogP contribution in [0.5, 0.6) is 0 Å². The molecule has 0 aliphatic rings. The van der Waals surface area contributed by atoms with Crippen LogP contribution in [0.25, 0.3) is 21.9 Å². The Morgan fingerprint density at radius 1 is 0.824 bits per heavy atom. The molecule has 0 aliphatic heterocycles. The van der Waals surface area contributed by atoms with E-state index in [9.17, 15) is 17.6 Å². The fourth-order valence-corrected chi connectivity index (χ4v) is 5.20. The van der Waals surface area contributed by atoms with Crippen molar-refractivity contribution in [2.75, 3.05) is 16.2 Å². The second-order valence-electron chi connectivity index (χ2n) is 7.66. The van der Waals surface area contributed by atoms with Crippen molar-refractivity contribution in [3.8, 4) is 0 Å². The summed E-state index contributed by atoms with van der Waals surface area (Å²) in [6, 6.07) is 25.7. The summed E-state index contributed by atoms with van der Waals surface area (Å²) >= 11 is 0. The average Bonchev–Trinajstić information content (AvgIpc) is 3.21. The normalized spacial score (nSPS) is 11.6. The minimum absolute atomic E-state index is 0.116. The molecule has 1 aromatic heterocycles. The molecule has 170 valence electrons. The van der Waals surface area contributed by atoms with Crippen LogP contribution in [-0.4, -0.2) is 20.9 Å². The highest BCUT2D eigenvalue weighted by molar-refractivity contribution is 7.92. The Labute approximate surface area is 195 Å². The van der Waals surface area contributed by atoms with Gasteiger partial charge in [-0.15, -0.1) is 0 Å². The number of amides is 1. The van der Waals surface area contributed by atoms with E-state index in [4.69, 9.17) is 4.42 Å². The van der Waals surface area contributed by atoms with Crippen LogP contribution in [0.3, 0.4) is 0 Å². The highest BCUT2D eigenvalue weighted by atomic mass is 32.2. The zero-order valence-electron chi connectivity index (χ0n) is 17.8. The topological polar surface area (TPSA) is 79.6 Å². The number of fused-ring (bicyclic) bond motifs is 3. The van der Waals surface area contributed by atoms with Gasteiger partial charge in [-0.1, -0.05) is 36.4 Å². The largest absolute Gasteiger partial charge is 0.456 e. The van der Waals surface area contributed by atoms with E-state index in [2.05, 4.69) is 5.32 Å². The molecule has 0 spiro atoms. The van der Waals surface area contributed by atoms with Crippen molar-refractivity contribution in [3.63, 3.8) is 0 Å². The lowest BCUT2D eigenvalue weighted by Gasteiger charge is -2.24. The van der Waals surface area contributed by atoms with Crippen molar-refractivity contribution in [2.24, 2.45) is 0 Å². The van der Waals surface area contributed by atoms with Crippen LogP contribution in [0.1, 0.15) is 0 Å². The molecule has 0 atom stereocenters. The van der Waals surface area contributed by atoms with Crippen LogP contribution in [0.4, 0.5) is 15.8 Å². The third kappa shape index (κ3) is 4.11. The highest BCUT2D eigenvalue weighted by Gasteiger charge is 2.27. The molecule has 0 bridgehead atoms. The van der Waals surface area contributed by atoms with Crippen molar-refractivity contribution in [3.05, 3.63) is 103 Å². The number of sulfonamides is 1. The predicted octanol–water partition coefficient (Wildman–Crippen LogP) is 5.56. The number of nitrogens with one attached hydrogen (secondary N) is 1. The van der Waals surface area contributed by atoms with Crippen LogP contribution >= 0.6 is 0 Å². The van der Waals surface area contributed by atoms with Gasteiger partial charge in [-0.2, -0.15) is 0 Å². The van der Waals surface area contributed by atoms with Gasteiger partial charge in [0.25, 0.3) is 10.0 Å². The molecule has 1 amide bonds. The molecule has 1 heterocycles. The maximum Gasteiger partial charge on any atom is 0.264 e. The van der Waals surface area contributed by atoms with Crippen LogP contribution in [0.15, 0.2) is 106 Å². The molecule has 6 nitrogen and oxygen atoms in total. The van der Waals surface area contributed by atoms with Crippen molar-refractivity contribution in [2.45, 2.75) is 4.90 Å². The van der Waals surface area contributed by atoms with Crippen molar-refractivity contribution in [1.29, 1.82) is 0 Å². The molecule has 5 rings (SSSR count). The molecule has 0 unspecified atom stereocenters. The summed E-state index contributed by atoms with van der Waals surface area (Å²) in [5.74, 6) is -1.09. The summed E-state index contributed by atoms with van der Waals surface area (Å²) < 4.78 is 46.8. The maximum atomic E-state index is 13.4. The van der Waals surface area contributed by atoms with Crippen LogP contribution in [-0.2, 0) is 14.8 Å². The zero-order chi connectivity index (χ0) is 23.7. The molecule has 0 saturated heterocycles. The van der Waals surface area contributed by atoms with E-state index in [0.29, 0.717) is 17.0 Å². The Morgan fingerprint density at radius 2 is 1.50 bits per heavy atom. The summed E-state index contributed by atoms with van der Waals surface area (Å²) in [6.07, 6.45) is 0. The van der Waals surface area contributed by atoms with Crippen molar-refractivity contribution >= 4 is 49.2 Å². The monoisotopic (exact) mass is 474 g/mol. The van der Waals surface area contributed by atoms with E-state index in [0.717, 1.165) is 32.8 Å². The highest BCUT2D eigenvalue weighted by Crippen LogP contribution is 2.30. The smallest absolute Gasteiger partial charge is 0.264 e. The minimum atomic E-state index is -4.12. The second kappa shape index (κ2) is 8.64. The molecule has 4 aromatic carbocycles. The Balaban J connectivity index is 1.44. The minimum Gasteiger partial charge on any atom is -0.456 e. The Bertz CT molecular complexity index is 1600. The van der Waals surface area contributed by atoms with Crippen molar-refractivity contribution < 1.29 is 22.0 Å². The number of para-hydroxylation sites is 2. The van der Waals surface area contributed by atoms with E-state index in [1.807, 2.05) is 30.3 Å². The number of hydrogen-bond acceptors (Lipinski definition) is 4. The van der Waals surface area contributed by atoms with Gasteiger partial charge in [0.1, 0.15) is 23.5 Å². The first-order valence-electron chi connectivity index (χ1n) is 10.5. The predicted molar refractivity (Wildman–Crippen MR) is 130 cm³/mol. The summed E-state index contributed by atoms with van der Waals surface area (Å²) in [5, 5.41) is 4.63. The number of benzene rings is 4. The van der Waals surface area contributed by atoms with Gasteiger partial charge in [-0.3, -0.25) is 9.10 Å². The number of nitrogens with zero attached hydrogens (tertiary/aromatic N) is 1. The molecule has 1 N–H and O–H groups in total. The molecule has 0 saturated carbocycles. The fraction of sp³-hybridized carbons (Fsp3) is 0.0385. The van der Waals surface area contributed by atoms with Gasteiger partial charge in [0.15, 0.2) is 0 Å². The van der Waals surface area contributed by atoms with Crippen molar-refractivity contribution in [1.82, 2.24) is 0 Å². The van der Waals surface area contributed by atoms with Gasteiger partial charge >= 0.3 is 0 Å². The summed E-state index contributed by atoms with van der Waals surface area (Å²) in [7, 11) is -4.12. The molecule has 0 aliphatic carbocycles. The van der Waals surface area contributed by atoms with Crippen LogP contribution in [0.2, 0.25) is 0 Å². The number of halogens is 1. The lowest BCUT2D eigenvalue weighted by molar-refractivity contribution is -0.114. The average molecular weight is 475 g/mol. The zero-order valence-corrected chi connectivity index (χ0v) is 18.6. The van der Waals surface area contributed by atoms with Gasteiger partial charge in [0, 0.05) is 22.5 Å². The first-order valence-corrected chi connectivity index (χ1v) is 11.9. The SMILES string of the molecule is O=C(CN(c1ccccc1)S(=O)(=O)c1ccc(F)cc1)Nc1ccc2c(c1)oc1ccccc12. The Hall–Kier alpha value is -4.17. The van der Waals surface area contributed by atoms with Crippen LogP contribution in [0, 0.1) is 5.82 Å². The molecule has 34 heavy (non-hydrogen) atoms. The maximum absolute atomic E-state index is 13.4. The number of hydrogen-bond donors (Lipinski definition) is 1. The van der Waals surface area contributed by atoms with Gasteiger partial charge in [-0.25, -0.2) is 12.8 Å². The van der Waals surface area contributed by atoms with E-state index in [1.54, 1.807) is 42.5 Å². The lowest BCUT2D eigenvalue weighted by Crippen LogP contribution is -2.38. The molecule has 5 aromatic rings. The summed E-state index contributed by atoms with van der Waals surface area (Å²) in [4.78, 5) is 12.8. The Morgan fingerprint density at radius 3 is 2.26 bits per heavy atom. The van der Waals surface area contributed by atoms with Gasteiger partial charge in [0.05, 0.1) is 10.6 Å². The van der Waals surface area contributed by atoms with Gasteiger partial charge in [-0.05, 0) is 54.6 Å². The van der Waals surface area contributed by atoms with E-state index >= 15 is 0 Å². The first kappa shape index (κ1) is 21.7. The number of rotatable bonds is 6. The summed E-state index contributed by atoms with van der Waals surface area (Å²) in [5.41, 5.74) is 2.14. The lowest BCUT2D eigenvalue weighted by atomic mass is 10.1. The molecular formula is C26H19FN2O4S. The fourth-order valence-electron chi connectivity index (χ4n) is 3.78. The second-order valence-corrected chi connectivity index (χ2v) is 9.52. The van der Waals surface area contributed by atoms with Gasteiger partial charge < -0.3 is 9.73 Å². The molecule has 0 fully saturated rings. The summed E-state index contributed by atoms with van der Waals surface area (Å²) in [6.45, 7) is -0.470. The molecular weight excluding hydrogens is 455 g/mol. The number of carbonyl (C=O) groups excluding carboxylic acids is 1. The van der Waals surface area contributed by atoms with Gasteiger partial charge in [0.2, 0.25) is 5.91 Å².